The third-order valence-corrected chi connectivity index (χ3v) is 0.772. The van der Waals surface area contributed by atoms with E-state index >= 15 is 0 Å². The standard InChI is InChI=1S/2C2HClF2O2.Mg/c2*3-2(4,5)1(6)7;/h2*(H,6,7);/q;;+2/p-2. The van der Waals surface area contributed by atoms with Crippen molar-refractivity contribution >= 4 is 58.2 Å². The zero-order chi connectivity index (χ0) is 12.2. The number of carboxylic acid groups (broad SMARTS) is 2. The molecule has 0 radical (unpaired) electrons. The minimum Gasteiger partial charge on any atom is -0.543 e. The number of halogens is 6. The molecule has 0 saturated heterocycles. The van der Waals surface area contributed by atoms with E-state index in [1.807, 2.05) is 0 Å². The molecule has 0 atom stereocenters. The molecule has 0 aliphatic carbocycles. The minimum atomic E-state index is -4.22. The molecule has 0 aliphatic rings. The molecule has 11 heteroatoms. The van der Waals surface area contributed by atoms with Crippen LogP contribution in [-0.2, 0) is 9.59 Å². The van der Waals surface area contributed by atoms with E-state index in [9.17, 15) is 17.6 Å². The van der Waals surface area contributed by atoms with Crippen LogP contribution in [0, 0.1) is 0 Å². The van der Waals surface area contributed by atoms with Crippen molar-refractivity contribution in [3.63, 3.8) is 0 Å². The number of carboxylic acids is 2. The van der Waals surface area contributed by atoms with Gasteiger partial charge >= 0.3 is 33.8 Å². The van der Waals surface area contributed by atoms with Gasteiger partial charge < -0.3 is 19.8 Å². The van der Waals surface area contributed by atoms with Crippen LogP contribution in [0.1, 0.15) is 0 Å². The predicted molar refractivity (Wildman–Crippen MR) is 37.4 cm³/mol. The van der Waals surface area contributed by atoms with Gasteiger partial charge in [0, 0.05) is 0 Å². The Balaban J connectivity index is -0.000000180. The van der Waals surface area contributed by atoms with Gasteiger partial charge in [-0.25, -0.2) is 0 Å². The summed E-state index contributed by atoms with van der Waals surface area (Å²) in [6, 6.07) is 0. The monoisotopic (exact) mass is 282 g/mol. The first-order chi connectivity index (χ1) is 5.89. The van der Waals surface area contributed by atoms with Crippen LogP contribution < -0.4 is 10.2 Å². The smallest absolute Gasteiger partial charge is 0.543 e. The average Bonchev–Trinajstić information content (AvgIpc) is 1.83. The van der Waals surface area contributed by atoms with Crippen molar-refractivity contribution in [3.05, 3.63) is 0 Å². The van der Waals surface area contributed by atoms with Crippen molar-refractivity contribution in [2.24, 2.45) is 0 Å². The number of hydrogen-bond donors (Lipinski definition) is 0. The molecule has 15 heavy (non-hydrogen) atoms. The van der Waals surface area contributed by atoms with E-state index in [0.717, 1.165) is 0 Å². The van der Waals surface area contributed by atoms with Gasteiger partial charge in [0.1, 0.15) is 11.9 Å². The Bertz CT molecular complexity index is 202. The summed E-state index contributed by atoms with van der Waals surface area (Å²) in [7, 11) is 0. The maximum absolute atomic E-state index is 10.9. The molecule has 0 aromatic heterocycles. The van der Waals surface area contributed by atoms with Crippen LogP contribution in [0.25, 0.3) is 0 Å². The van der Waals surface area contributed by atoms with E-state index in [1.54, 1.807) is 0 Å². The molecule has 0 N–H and O–H groups in total. The summed E-state index contributed by atoms with van der Waals surface area (Å²) < 4.78 is 43.8. The van der Waals surface area contributed by atoms with Gasteiger partial charge in [-0.2, -0.15) is 17.6 Å². The fourth-order valence-electron chi connectivity index (χ4n) is 0. The van der Waals surface area contributed by atoms with Crippen molar-refractivity contribution in [2.75, 3.05) is 0 Å². The number of hydrogen-bond acceptors (Lipinski definition) is 4. The van der Waals surface area contributed by atoms with Gasteiger partial charge in [-0.05, 0) is 23.2 Å². The minimum absolute atomic E-state index is 0. The predicted octanol–water partition coefficient (Wildman–Crippen LogP) is -1.25. The first-order valence-electron chi connectivity index (χ1n) is 2.45. The van der Waals surface area contributed by atoms with E-state index in [2.05, 4.69) is 23.2 Å². The fourth-order valence-corrected chi connectivity index (χ4v) is 0. The van der Waals surface area contributed by atoms with Gasteiger partial charge in [-0.3, -0.25) is 0 Å². The zero-order valence-electron chi connectivity index (χ0n) is 6.61. The SMILES string of the molecule is O=C([O-])C(F)(F)Cl.O=C([O-])C(F)(F)Cl.[Mg+2]. The van der Waals surface area contributed by atoms with Crippen LogP contribution in [0.15, 0.2) is 0 Å². The molecule has 0 aromatic carbocycles. The molecule has 0 rings (SSSR count). The van der Waals surface area contributed by atoms with Gasteiger partial charge in [0.05, 0.1) is 0 Å². The van der Waals surface area contributed by atoms with E-state index in [4.69, 9.17) is 19.8 Å². The molecule has 0 aromatic rings. The van der Waals surface area contributed by atoms with E-state index in [0.29, 0.717) is 0 Å². The fraction of sp³-hybridized carbons (Fsp3) is 0.500. The van der Waals surface area contributed by atoms with Crippen LogP contribution in [0.5, 0.6) is 0 Å². The van der Waals surface area contributed by atoms with E-state index in [1.165, 1.54) is 0 Å². The molecule has 0 aliphatic heterocycles. The van der Waals surface area contributed by atoms with Gasteiger partial charge in [0.25, 0.3) is 0 Å². The summed E-state index contributed by atoms with van der Waals surface area (Å²) in [6.45, 7) is 0. The van der Waals surface area contributed by atoms with Crippen molar-refractivity contribution in [3.8, 4) is 0 Å². The Labute approximate surface area is 106 Å². The third kappa shape index (κ3) is 14.0. The van der Waals surface area contributed by atoms with Crippen molar-refractivity contribution in [1.82, 2.24) is 0 Å². The molecule has 0 unspecified atom stereocenters. The molecule has 4 nitrogen and oxygen atoms in total. The molecule has 0 heterocycles. The van der Waals surface area contributed by atoms with Gasteiger partial charge in [0.2, 0.25) is 0 Å². The largest absolute Gasteiger partial charge is 2.00 e. The first kappa shape index (κ1) is 20.4. The summed E-state index contributed by atoms with van der Waals surface area (Å²) >= 11 is 7.75. The second-order valence-electron chi connectivity index (χ2n) is 1.57. The van der Waals surface area contributed by atoms with Gasteiger partial charge in [-0.1, -0.05) is 0 Å². The molecular formula is C4Cl2F4MgO4. The molecular weight excluding hydrogens is 283 g/mol. The Morgan fingerprint density at radius 1 is 0.867 bits per heavy atom. The van der Waals surface area contributed by atoms with Crippen molar-refractivity contribution in [1.29, 1.82) is 0 Å². The van der Waals surface area contributed by atoms with Gasteiger partial charge in [-0.15, -0.1) is 0 Å². The van der Waals surface area contributed by atoms with Gasteiger partial charge in [0.15, 0.2) is 0 Å². The van der Waals surface area contributed by atoms with Crippen LogP contribution in [0.2, 0.25) is 0 Å². The summed E-state index contributed by atoms with van der Waals surface area (Å²) in [4.78, 5) is 18.1. The molecule has 0 spiro atoms. The molecule has 0 amide bonds. The normalized spacial score (nSPS) is 10.5. The quantitative estimate of drug-likeness (QED) is 0.360. The van der Waals surface area contributed by atoms with Crippen LogP contribution in [-0.4, -0.2) is 45.8 Å². The maximum Gasteiger partial charge on any atom is 2.00 e. The van der Waals surface area contributed by atoms with E-state index < -0.39 is 22.7 Å². The maximum atomic E-state index is 10.9. The van der Waals surface area contributed by atoms with Crippen molar-refractivity contribution in [2.45, 2.75) is 10.8 Å². The number of alkyl halides is 6. The van der Waals surface area contributed by atoms with Crippen LogP contribution >= 0.6 is 23.2 Å². The number of rotatable bonds is 2. The Morgan fingerprint density at radius 3 is 0.933 bits per heavy atom. The summed E-state index contributed by atoms with van der Waals surface area (Å²) in [5, 5.41) is 9.61. The topological polar surface area (TPSA) is 80.3 Å². The number of carbonyl (C=O) groups excluding carboxylic acids is 2. The number of carbonyl (C=O) groups is 2. The Morgan fingerprint density at radius 2 is 0.933 bits per heavy atom. The summed E-state index contributed by atoms with van der Waals surface area (Å²) in [6.07, 6.45) is 0. The zero-order valence-corrected chi connectivity index (χ0v) is 9.53. The Kier molecular flexibility index (Phi) is 9.95. The average molecular weight is 283 g/mol. The van der Waals surface area contributed by atoms with Crippen molar-refractivity contribution < 1.29 is 37.4 Å². The summed E-state index contributed by atoms with van der Waals surface area (Å²) in [5.74, 6) is -5.15. The molecule has 84 valence electrons. The van der Waals surface area contributed by atoms with Crippen LogP contribution in [0.4, 0.5) is 17.6 Å². The second kappa shape index (κ2) is 7.31. The van der Waals surface area contributed by atoms with E-state index in [-0.39, 0.29) is 23.1 Å². The molecule has 0 fully saturated rings. The molecule has 0 saturated carbocycles. The number of aliphatic carboxylic acids is 2. The Hall–Kier alpha value is 0.00623. The third-order valence-electron chi connectivity index (χ3n) is 0.463. The summed E-state index contributed by atoms with van der Waals surface area (Å²) in [5.41, 5.74) is 0. The van der Waals surface area contributed by atoms with Crippen LogP contribution in [0.3, 0.4) is 0 Å². The second-order valence-corrected chi connectivity index (χ2v) is 2.52. The molecule has 0 bridgehead atoms. The first-order valence-corrected chi connectivity index (χ1v) is 3.21.